The topological polar surface area (TPSA) is 20.3 Å². The number of rotatable bonds is 3. The first kappa shape index (κ1) is 7.45. The summed E-state index contributed by atoms with van der Waals surface area (Å²) in [7, 11) is 0. The van der Waals surface area contributed by atoms with E-state index in [0.717, 1.165) is 32.4 Å². The molecule has 10 heavy (non-hydrogen) atoms. The average Bonchev–Trinajstić information content (AvgIpc) is 2.31. The zero-order valence-electron chi connectivity index (χ0n) is 6.18. The molecule has 0 unspecified atom stereocenters. The van der Waals surface area contributed by atoms with Crippen molar-refractivity contribution in [3.63, 3.8) is 0 Å². The third kappa shape index (κ3) is 1.66. The van der Waals surface area contributed by atoms with Gasteiger partial charge in [-0.3, -0.25) is 4.79 Å². The van der Waals surface area contributed by atoms with Crippen molar-refractivity contribution in [1.29, 1.82) is 0 Å². The minimum Gasteiger partial charge on any atom is -0.339 e. The van der Waals surface area contributed by atoms with Gasteiger partial charge in [0.15, 0.2) is 0 Å². The molecule has 0 aromatic carbocycles. The Balaban J connectivity index is 2.20. The van der Waals surface area contributed by atoms with Crippen LogP contribution < -0.4 is 0 Å². The van der Waals surface area contributed by atoms with E-state index in [0.29, 0.717) is 5.91 Å². The highest BCUT2D eigenvalue weighted by Gasteiger charge is 2.19. The first-order valence-corrected chi connectivity index (χ1v) is 3.73. The molecule has 0 bridgehead atoms. The quantitative estimate of drug-likeness (QED) is 0.535. The maximum absolute atomic E-state index is 11.0. The molecule has 2 heteroatoms. The van der Waals surface area contributed by atoms with Gasteiger partial charge in [0.25, 0.3) is 0 Å². The number of nitrogens with zero attached hydrogens (tertiary/aromatic N) is 1. The van der Waals surface area contributed by atoms with E-state index in [1.165, 1.54) is 0 Å². The fraction of sp³-hybridized carbons (Fsp3) is 0.625. The number of hydrogen-bond acceptors (Lipinski definition) is 1. The molecule has 0 aromatic heterocycles. The molecule has 1 saturated heterocycles. The van der Waals surface area contributed by atoms with Crippen LogP contribution in [0.1, 0.15) is 19.3 Å². The molecule has 1 amide bonds. The van der Waals surface area contributed by atoms with Crippen LogP contribution in [-0.4, -0.2) is 23.9 Å². The largest absolute Gasteiger partial charge is 0.339 e. The fourth-order valence-corrected chi connectivity index (χ4v) is 1.19. The molecule has 1 aliphatic rings. The lowest BCUT2D eigenvalue weighted by atomic mass is 10.3. The van der Waals surface area contributed by atoms with Crippen LogP contribution in [-0.2, 0) is 4.79 Å². The van der Waals surface area contributed by atoms with Gasteiger partial charge in [-0.25, -0.2) is 0 Å². The Labute approximate surface area is 62.2 Å². The molecule has 2 nitrogen and oxygen atoms in total. The molecule has 0 spiro atoms. The molecular formula is C8H13NO. The lowest BCUT2D eigenvalue weighted by molar-refractivity contribution is -0.127. The highest BCUT2D eigenvalue weighted by Crippen LogP contribution is 2.09. The smallest absolute Gasteiger partial charge is 0.222 e. The molecule has 0 saturated carbocycles. The van der Waals surface area contributed by atoms with Gasteiger partial charge in [-0.1, -0.05) is 6.42 Å². The lowest BCUT2D eigenvalue weighted by Gasteiger charge is -2.12. The van der Waals surface area contributed by atoms with Crippen molar-refractivity contribution in [3.8, 4) is 0 Å². The molecule has 0 atom stereocenters. The monoisotopic (exact) mass is 139 g/mol. The van der Waals surface area contributed by atoms with Crippen molar-refractivity contribution in [3.05, 3.63) is 13.3 Å². The maximum Gasteiger partial charge on any atom is 0.222 e. The van der Waals surface area contributed by atoms with Gasteiger partial charge in [0.05, 0.1) is 13.0 Å². The molecule has 1 heterocycles. The summed E-state index contributed by atoms with van der Waals surface area (Å²) in [5.74, 6) is 0.307. The fourth-order valence-electron chi connectivity index (χ4n) is 1.19. The van der Waals surface area contributed by atoms with E-state index in [1.54, 1.807) is 0 Å². The van der Waals surface area contributed by atoms with Crippen LogP contribution in [0.5, 0.6) is 0 Å². The third-order valence-electron chi connectivity index (χ3n) is 1.77. The van der Waals surface area contributed by atoms with Crippen molar-refractivity contribution in [2.45, 2.75) is 19.3 Å². The van der Waals surface area contributed by atoms with Crippen molar-refractivity contribution in [1.82, 2.24) is 4.90 Å². The molecule has 1 fully saturated rings. The van der Waals surface area contributed by atoms with Crippen molar-refractivity contribution < 1.29 is 4.79 Å². The highest BCUT2D eigenvalue weighted by molar-refractivity contribution is 5.77. The second-order valence-corrected chi connectivity index (χ2v) is 2.56. The van der Waals surface area contributed by atoms with Crippen LogP contribution in [0.25, 0.3) is 0 Å². The summed E-state index contributed by atoms with van der Waals surface area (Å²) < 4.78 is 0. The average molecular weight is 139 g/mol. The number of carbonyl (C=O) groups is 1. The first-order chi connectivity index (χ1) is 4.84. The summed E-state index contributed by atoms with van der Waals surface area (Å²) in [6.07, 6.45) is 4.56. The number of carbonyl (C=O) groups excluding carboxylic acids is 1. The van der Waals surface area contributed by atoms with Gasteiger partial charge in [-0.05, 0) is 6.42 Å². The number of unbranched alkanes of at least 4 members (excludes halogenated alkanes) is 1. The van der Waals surface area contributed by atoms with E-state index >= 15 is 0 Å². The minimum atomic E-state index is 0.307. The Morgan fingerprint density at radius 2 is 2.50 bits per heavy atom. The van der Waals surface area contributed by atoms with Crippen LogP contribution in [0.3, 0.4) is 0 Å². The number of likely N-dealkylation sites (tertiary alicyclic amines) is 1. The summed E-state index contributed by atoms with van der Waals surface area (Å²) in [5.41, 5.74) is 0. The van der Waals surface area contributed by atoms with Crippen molar-refractivity contribution in [2.24, 2.45) is 0 Å². The van der Waals surface area contributed by atoms with Crippen LogP contribution in [0, 0.1) is 13.3 Å². The molecule has 0 N–H and O–H groups in total. The zero-order chi connectivity index (χ0) is 7.40. The molecule has 56 valence electrons. The lowest BCUT2D eigenvalue weighted by Crippen LogP contribution is -2.25. The van der Waals surface area contributed by atoms with Crippen LogP contribution in [0.4, 0.5) is 0 Å². The van der Waals surface area contributed by atoms with Crippen molar-refractivity contribution in [2.75, 3.05) is 13.1 Å². The van der Waals surface area contributed by atoms with E-state index < -0.39 is 0 Å². The standard InChI is InChI=1S/C8H13NO/c1-2-3-6-9-7-4-5-8(9)10/h2H,1,3-7H2. The normalized spacial score (nSPS) is 18.1. The SMILES string of the molecule is [CH2-][CH+]CCN1CCCC1=O. The van der Waals surface area contributed by atoms with Gasteiger partial charge in [0, 0.05) is 13.0 Å². The second kappa shape index (κ2) is 3.49. The summed E-state index contributed by atoms with van der Waals surface area (Å²) in [4.78, 5) is 12.9. The summed E-state index contributed by atoms with van der Waals surface area (Å²) >= 11 is 0. The van der Waals surface area contributed by atoms with Gasteiger partial charge in [-0.2, -0.15) is 0 Å². The third-order valence-corrected chi connectivity index (χ3v) is 1.77. The van der Waals surface area contributed by atoms with Crippen LogP contribution in [0.15, 0.2) is 0 Å². The summed E-state index contributed by atoms with van der Waals surface area (Å²) in [6, 6.07) is 0. The summed E-state index contributed by atoms with van der Waals surface area (Å²) in [5, 5.41) is 0. The Morgan fingerprint density at radius 3 is 3.00 bits per heavy atom. The van der Waals surface area contributed by atoms with Gasteiger partial charge in [0.1, 0.15) is 0 Å². The maximum atomic E-state index is 11.0. The van der Waals surface area contributed by atoms with Crippen molar-refractivity contribution >= 4 is 5.91 Å². The van der Waals surface area contributed by atoms with E-state index in [9.17, 15) is 4.79 Å². The van der Waals surface area contributed by atoms with E-state index in [-0.39, 0.29) is 0 Å². The van der Waals surface area contributed by atoms with E-state index in [2.05, 4.69) is 6.92 Å². The molecule has 0 radical (unpaired) electrons. The minimum absolute atomic E-state index is 0.307. The van der Waals surface area contributed by atoms with Gasteiger partial charge in [-0.15, -0.1) is 6.92 Å². The van der Waals surface area contributed by atoms with E-state index in [1.807, 2.05) is 11.3 Å². The van der Waals surface area contributed by atoms with Gasteiger partial charge < -0.3 is 4.90 Å². The van der Waals surface area contributed by atoms with E-state index in [4.69, 9.17) is 0 Å². The van der Waals surface area contributed by atoms with Crippen LogP contribution >= 0.6 is 0 Å². The second-order valence-electron chi connectivity index (χ2n) is 2.56. The molecule has 0 aliphatic carbocycles. The van der Waals surface area contributed by atoms with Crippen LogP contribution in [0.2, 0.25) is 0 Å². The van der Waals surface area contributed by atoms with Gasteiger partial charge in [0.2, 0.25) is 5.91 Å². The van der Waals surface area contributed by atoms with Gasteiger partial charge >= 0.3 is 0 Å². The Bertz CT molecular complexity index is 122. The number of hydrogen-bond donors (Lipinski definition) is 0. The first-order valence-electron chi connectivity index (χ1n) is 3.73. The molecule has 1 rings (SSSR count). The predicted octanol–water partition coefficient (Wildman–Crippen LogP) is 1.04. The molecule has 1 aliphatic heterocycles. The highest BCUT2D eigenvalue weighted by atomic mass is 16.2. The summed E-state index contributed by atoms with van der Waals surface area (Å²) in [6.45, 7) is 5.42. The molecule has 0 aromatic rings. The zero-order valence-corrected chi connectivity index (χ0v) is 6.18. The Morgan fingerprint density at radius 1 is 1.70 bits per heavy atom. The Hall–Kier alpha value is -0.660. The Kier molecular flexibility index (Phi) is 2.60. The molecular weight excluding hydrogens is 126 g/mol. The predicted molar refractivity (Wildman–Crippen MR) is 40.1 cm³/mol. The number of amides is 1.